The Morgan fingerprint density at radius 2 is 2.06 bits per heavy atom. The zero-order valence-electron chi connectivity index (χ0n) is 10.5. The molecule has 1 aromatic rings. The second-order valence-electron chi connectivity index (χ2n) is 4.01. The van der Waals surface area contributed by atoms with Crippen LogP contribution in [-0.2, 0) is 4.74 Å². The SMILES string of the molecule is Cc1ccc(OCCOCCO)c(C(C)N)c1. The second-order valence-corrected chi connectivity index (χ2v) is 4.01. The quantitative estimate of drug-likeness (QED) is 0.706. The average molecular weight is 239 g/mol. The lowest BCUT2D eigenvalue weighted by molar-refractivity contribution is 0.0702. The van der Waals surface area contributed by atoms with E-state index in [9.17, 15) is 0 Å². The second kappa shape index (κ2) is 7.27. The van der Waals surface area contributed by atoms with Gasteiger partial charge in [-0.2, -0.15) is 0 Å². The number of hydrogen-bond acceptors (Lipinski definition) is 4. The Kier molecular flexibility index (Phi) is 5.97. The molecule has 0 amide bonds. The molecule has 1 unspecified atom stereocenters. The van der Waals surface area contributed by atoms with Gasteiger partial charge in [-0.15, -0.1) is 0 Å². The third-order valence-corrected chi connectivity index (χ3v) is 2.38. The van der Waals surface area contributed by atoms with Gasteiger partial charge in [0.2, 0.25) is 0 Å². The molecule has 4 nitrogen and oxygen atoms in total. The first kappa shape index (κ1) is 14.0. The van der Waals surface area contributed by atoms with Gasteiger partial charge in [0.25, 0.3) is 0 Å². The highest BCUT2D eigenvalue weighted by atomic mass is 16.5. The smallest absolute Gasteiger partial charge is 0.124 e. The first-order valence-electron chi connectivity index (χ1n) is 5.82. The number of hydrogen-bond donors (Lipinski definition) is 2. The molecule has 17 heavy (non-hydrogen) atoms. The number of aryl methyl sites for hydroxylation is 1. The number of aliphatic hydroxyl groups excluding tert-OH is 1. The van der Waals surface area contributed by atoms with Crippen LogP contribution in [-0.4, -0.2) is 31.5 Å². The van der Waals surface area contributed by atoms with Gasteiger partial charge in [-0.05, 0) is 19.9 Å². The van der Waals surface area contributed by atoms with Gasteiger partial charge < -0.3 is 20.3 Å². The topological polar surface area (TPSA) is 64.7 Å². The van der Waals surface area contributed by atoms with E-state index in [0.29, 0.717) is 19.8 Å². The molecule has 0 aromatic heterocycles. The number of ether oxygens (including phenoxy) is 2. The molecule has 0 fully saturated rings. The number of rotatable bonds is 7. The van der Waals surface area contributed by atoms with Gasteiger partial charge in [0.15, 0.2) is 0 Å². The number of aliphatic hydroxyl groups is 1. The maximum Gasteiger partial charge on any atom is 0.124 e. The van der Waals surface area contributed by atoms with Crippen molar-refractivity contribution in [1.82, 2.24) is 0 Å². The van der Waals surface area contributed by atoms with Crippen molar-refractivity contribution >= 4 is 0 Å². The molecule has 4 heteroatoms. The molecule has 3 N–H and O–H groups in total. The van der Waals surface area contributed by atoms with Crippen LogP contribution in [0.4, 0.5) is 0 Å². The largest absolute Gasteiger partial charge is 0.491 e. The highest BCUT2D eigenvalue weighted by Gasteiger charge is 2.08. The van der Waals surface area contributed by atoms with Crippen LogP contribution < -0.4 is 10.5 Å². The van der Waals surface area contributed by atoms with Gasteiger partial charge in [0.1, 0.15) is 12.4 Å². The van der Waals surface area contributed by atoms with Gasteiger partial charge in [-0.3, -0.25) is 0 Å². The minimum absolute atomic E-state index is 0.0373. The van der Waals surface area contributed by atoms with Crippen molar-refractivity contribution in [3.8, 4) is 5.75 Å². The van der Waals surface area contributed by atoms with E-state index in [1.54, 1.807) is 0 Å². The van der Waals surface area contributed by atoms with Crippen molar-refractivity contribution in [3.63, 3.8) is 0 Å². The molecular formula is C13H21NO3. The molecule has 0 saturated carbocycles. The monoisotopic (exact) mass is 239 g/mol. The molecule has 0 radical (unpaired) electrons. The van der Waals surface area contributed by atoms with Crippen molar-refractivity contribution in [2.45, 2.75) is 19.9 Å². The van der Waals surface area contributed by atoms with Crippen molar-refractivity contribution < 1.29 is 14.6 Å². The minimum Gasteiger partial charge on any atom is -0.491 e. The summed E-state index contributed by atoms with van der Waals surface area (Å²) in [6.45, 7) is 5.27. The fraction of sp³-hybridized carbons (Fsp3) is 0.538. The highest BCUT2D eigenvalue weighted by Crippen LogP contribution is 2.24. The first-order chi connectivity index (χ1) is 8.15. The van der Waals surface area contributed by atoms with Gasteiger partial charge >= 0.3 is 0 Å². The van der Waals surface area contributed by atoms with Gasteiger partial charge in [-0.25, -0.2) is 0 Å². The summed E-state index contributed by atoms with van der Waals surface area (Å²) in [5.41, 5.74) is 8.07. The molecule has 0 saturated heterocycles. The summed E-state index contributed by atoms with van der Waals surface area (Å²) in [5.74, 6) is 0.804. The predicted molar refractivity (Wildman–Crippen MR) is 67.2 cm³/mol. The van der Waals surface area contributed by atoms with E-state index in [2.05, 4.69) is 0 Å². The van der Waals surface area contributed by atoms with Crippen LogP contribution >= 0.6 is 0 Å². The predicted octanol–water partition coefficient (Wildman–Crippen LogP) is 1.40. The molecule has 1 atom stereocenters. The molecule has 0 heterocycles. The van der Waals surface area contributed by atoms with Crippen molar-refractivity contribution in [3.05, 3.63) is 29.3 Å². The van der Waals surface area contributed by atoms with Crippen LogP contribution in [0.1, 0.15) is 24.1 Å². The molecule has 0 aliphatic rings. The maximum atomic E-state index is 8.55. The Morgan fingerprint density at radius 3 is 2.71 bits per heavy atom. The van der Waals surface area contributed by atoms with Gasteiger partial charge in [-0.1, -0.05) is 17.7 Å². The molecule has 96 valence electrons. The molecule has 0 aliphatic heterocycles. The maximum absolute atomic E-state index is 8.55. The fourth-order valence-electron chi connectivity index (χ4n) is 1.53. The zero-order valence-corrected chi connectivity index (χ0v) is 10.5. The zero-order chi connectivity index (χ0) is 12.7. The molecule has 0 bridgehead atoms. The van der Waals surface area contributed by atoms with Crippen LogP contribution in [0.3, 0.4) is 0 Å². The van der Waals surface area contributed by atoms with Crippen LogP contribution in [0.25, 0.3) is 0 Å². The first-order valence-corrected chi connectivity index (χ1v) is 5.82. The van der Waals surface area contributed by atoms with E-state index in [1.807, 2.05) is 32.0 Å². The van der Waals surface area contributed by atoms with E-state index < -0.39 is 0 Å². The van der Waals surface area contributed by atoms with Crippen LogP contribution in [0.5, 0.6) is 5.75 Å². The van der Waals surface area contributed by atoms with Crippen molar-refractivity contribution in [1.29, 1.82) is 0 Å². The summed E-state index contributed by atoms with van der Waals surface area (Å²) in [6.07, 6.45) is 0. The Labute approximate surface area is 102 Å². The van der Waals surface area contributed by atoms with E-state index in [4.69, 9.17) is 20.3 Å². The van der Waals surface area contributed by atoms with Crippen molar-refractivity contribution in [2.24, 2.45) is 5.73 Å². The van der Waals surface area contributed by atoms with Crippen LogP contribution in [0, 0.1) is 6.92 Å². The summed E-state index contributed by atoms with van der Waals surface area (Å²) in [7, 11) is 0. The molecule has 0 aliphatic carbocycles. The Morgan fingerprint density at radius 1 is 1.29 bits per heavy atom. The lowest BCUT2D eigenvalue weighted by Crippen LogP contribution is -2.12. The Bertz CT molecular complexity index is 339. The summed E-state index contributed by atoms with van der Waals surface area (Å²) < 4.78 is 10.7. The molecule has 0 spiro atoms. The third kappa shape index (κ3) is 4.73. The number of nitrogens with two attached hydrogens (primary N) is 1. The summed E-state index contributed by atoms with van der Waals surface area (Å²) in [5, 5.41) is 8.55. The van der Waals surface area contributed by atoms with Crippen LogP contribution in [0.2, 0.25) is 0 Å². The Hall–Kier alpha value is -1.10. The molecular weight excluding hydrogens is 218 g/mol. The van der Waals surface area contributed by atoms with E-state index in [-0.39, 0.29) is 12.6 Å². The summed E-state index contributed by atoms with van der Waals surface area (Å²) in [6, 6.07) is 5.91. The normalized spacial score (nSPS) is 12.5. The highest BCUT2D eigenvalue weighted by molar-refractivity contribution is 5.38. The van der Waals surface area contributed by atoms with Crippen molar-refractivity contribution in [2.75, 3.05) is 26.4 Å². The van der Waals surface area contributed by atoms with Gasteiger partial charge in [0, 0.05) is 11.6 Å². The third-order valence-electron chi connectivity index (χ3n) is 2.38. The van der Waals surface area contributed by atoms with Crippen LogP contribution in [0.15, 0.2) is 18.2 Å². The Balaban J connectivity index is 2.52. The summed E-state index contributed by atoms with van der Waals surface area (Å²) in [4.78, 5) is 0. The standard InChI is InChI=1S/C13H21NO3/c1-10-3-4-13(12(9-10)11(2)14)17-8-7-16-6-5-15/h3-4,9,11,15H,5-8,14H2,1-2H3. The van der Waals surface area contributed by atoms with Gasteiger partial charge in [0.05, 0.1) is 19.8 Å². The minimum atomic E-state index is -0.0525. The van der Waals surface area contributed by atoms with E-state index in [1.165, 1.54) is 5.56 Å². The lowest BCUT2D eigenvalue weighted by atomic mass is 10.1. The number of benzene rings is 1. The molecule has 1 aromatic carbocycles. The summed E-state index contributed by atoms with van der Waals surface area (Å²) >= 11 is 0. The molecule has 1 rings (SSSR count). The fourth-order valence-corrected chi connectivity index (χ4v) is 1.53. The van der Waals surface area contributed by atoms with E-state index in [0.717, 1.165) is 11.3 Å². The lowest BCUT2D eigenvalue weighted by Gasteiger charge is -2.14. The van der Waals surface area contributed by atoms with E-state index >= 15 is 0 Å². The average Bonchev–Trinajstić information content (AvgIpc) is 2.30.